The number of hydrogen-bond acceptors (Lipinski definition) is 2. The smallest absolute Gasteiger partial charge is 0.238 e. The van der Waals surface area contributed by atoms with E-state index in [1.165, 1.54) is 27.6 Å². The molecular formula is C22H22N2O. The predicted octanol–water partition coefficient (Wildman–Crippen LogP) is 4.41. The number of benzene rings is 3. The Bertz CT molecular complexity index is 930. The van der Waals surface area contributed by atoms with Crippen molar-refractivity contribution < 1.29 is 4.79 Å². The van der Waals surface area contributed by atoms with E-state index in [2.05, 4.69) is 48.3 Å². The van der Waals surface area contributed by atoms with Gasteiger partial charge in [0.25, 0.3) is 0 Å². The van der Waals surface area contributed by atoms with Crippen LogP contribution in [-0.4, -0.2) is 17.4 Å². The quantitative estimate of drug-likeness (QED) is 0.771. The van der Waals surface area contributed by atoms with Crippen molar-refractivity contribution in [2.24, 2.45) is 0 Å². The van der Waals surface area contributed by atoms with Crippen LogP contribution in [0.4, 0.5) is 5.69 Å². The van der Waals surface area contributed by atoms with Gasteiger partial charge in [-0.1, -0.05) is 42.5 Å². The van der Waals surface area contributed by atoms with Gasteiger partial charge in [-0.3, -0.25) is 9.69 Å². The van der Waals surface area contributed by atoms with E-state index in [1.807, 2.05) is 30.3 Å². The fourth-order valence-electron chi connectivity index (χ4n) is 3.55. The molecule has 0 saturated carbocycles. The normalized spacial score (nSPS) is 13.8. The highest BCUT2D eigenvalue weighted by Gasteiger charge is 2.21. The summed E-state index contributed by atoms with van der Waals surface area (Å²) in [5.74, 6) is 0.0385. The average molecular weight is 330 g/mol. The summed E-state index contributed by atoms with van der Waals surface area (Å²) in [5, 5.41) is 5.35. The maximum atomic E-state index is 12.4. The van der Waals surface area contributed by atoms with Crippen molar-refractivity contribution in [1.82, 2.24) is 4.90 Å². The first-order valence-corrected chi connectivity index (χ1v) is 8.68. The first-order valence-electron chi connectivity index (χ1n) is 8.68. The standard InChI is InChI=1S/C22H22N2O/c1-15-9-19-12-24(13-20(19)10-16(15)2)14-22(25)23-21-8-7-17-5-3-4-6-18(17)11-21/h3-11H,12-14H2,1-2H3,(H,23,25). The molecule has 0 aromatic heterocycles. The van der Waals surface area contributed by atoms with Gasteiger partial charge in [-0.25, -0.2) is 0 Å². The lowest BCUT2D eigenvalue weighted by Gasteiger charge is -2.14. The van der Waals surface area contributed by atoms with Gasteiger partial charge in [0.2, 0.25) is 5.91 Å². The van der Waals surface area contributed by atoms with Crippen LogP contribution in [0.1, 0.15) is 22.3 Å². The Morgan fingerprint density at radius 1 is 0.920 bits per heavy atom. The summed E-state index contributed by atoms with van der Waals surface area (Å²) < 4.78 is 0. The molecule has 0 unspecified atom stereocenters. The molecule has 3 aromatic rings. The van der Waals surface area contributed by atoms with Gasteiger partial charge in [0.1, 0.15) is 0 Å². The lowest BCUT2D eigenvalue weighted by molar-refractivity contribution is -0.117. The van der Waals surface area contributed by atoms with E-state index in [9.17, 15) is 4.79 Å². The van der Waals surface area contributed by atoms with Crippen molar-refractivity contribution >= 4 is 22.4 Å². The molecule has 0 radical (unpaired) electrons. The van der Waals surface area contributed by atoms with Crippen LogP contribution in [0.5, 0.6) is 0 Å². The van der Waals surface area contributed by atoms with Gasteiger partial charge in [0.05, 0.1) is 6.54 Å². The number of hydrogen-bond donors (Lipinski definition) is 1. The lowest BCUT2D eigenvalue weighted by atomic mass is 10.0. The fourth-order valence-corrected chi connectivity index (χ4v) is 3.55. The SMILES string of the molecule is Cc1cc2c(cc1C)CN(CC(=O)Nc1ccc3ccccc3c1)C2. The van der Waals surface area contributed by atoms with E-state index in [4.69, 9.17) is 0 Å². The van der Waals surface area contributed by atoms with Gasteiger partial charge in [0, 0.05) is 18.8 Å². The van der Waals surface area contributed by atoms with Gasteiger partial charge >= 0.3 is 0 Å². The molecule has 1 aliphatic rings. The summed E-state index contributed by atoms with van der Waals surface area (Å²) in [6.45, 7) is 6.40. The minimum Gasteiger partial charge on any atom is -0.325 e. The van der Waals surface area contributed by atoms with Crippen molar-refractivity contribution in [3.63, 3.8) is 0 Å². The molecule has 0 fully saturated rings. The second-order valence-corrected chi connectivity index (χ2v) is 6.96. The minimum absolute atomic E-state index is 0.0385. The van der Waals surface area contributed by atoms with Crippen LogP contribution in [0, 0.1) is 13.8 Å². The number of fused-ring (bicyclic) bond motifs is 2. The number of rotatable bonds is 3. The number of carbonyl (C=O) groups is 1. The number of carbonyl (C=O) groups excluding carboxylic acids is 1. The molecule has 4 rings (SSSR count). The van der Waals surface area contributed by atoms with E-state index < -0.39 is 0 Å². The Balaban J connectivity index is 1.42. The summed E-state index contributed by atoms with van der Waals surface area (Å²) in [5.41, 5.74) is 6.19. The Labute approximate surface area is 148 Å². The lowest BCUT2D eigenvalue weighted by Crippen LogP contribution is -2.29. The van der Waals surface area contributed by atoms with Crippen LogP contribution in [0.2, 0.25) is 0 Å². The molecule has 1 heterocycles. The molecule has 1 amide bonds. The molecule has 0 aliphatic carbocycles. The largest absolute Gasteiger partial charge is 0.325 e. The maximum absolute atomic E-state index is 12.4. The predicted molar refractivity (Wildman–Crippen MR) is 103 cm³/mol. The summed E-state index contributed by atoms with van der Waals surface area (Å²) >= 11 is 0. The van der Waals surface area contributed by atoms with Gasteiger partial charge in [-0.05, 0) is 59.0 Å². The van der Waals surface area contributed by atoms with Crippen LogP contribution in [0.15, 0.2) is 54.6 Å². The van der Waals surface area contributed by atoms with Gasteiger partial charge < -0.3 is 5.32 Å². The number of aryl methyl sites for hydroxylation is 2. The van der Waals surface area contributed by atoms with Crippen LogP contribution in [-0.2, 0) is 17.9 Å². The van der Waals surface area contributed by atoms with Crippen molar-refractivity contribution in [2.45, 2.75) is 26.9 Å². The van der Waals surface area contributed by atoms with Crippen LogP contribution in [0.25, 0.3) is 10.8 Å². The zero-order chi connectivity index (χ0) is 17.4. The zero-order valence-corrected chi connectivity index (χ0v) is 14.7. The molecule has 0 spiro atoms. The van der Waals surface area contributed by atoms with Crippen molar-refractivity contribution in [3.8, 4) is 0 Å². The third-order valence-electron chi connectivity index (χ3n) is 5.00. The highest BCUT2D eigenvalue weighted by molar-refractivity contribution is 5.95. The Kier molecular flexibility index (Phi) is 4.02. The molecule has 3 aromatic carbocycles. The molecule has 0 bridgehead atoms. The molecule has 126 valence electrons. The fraction of sp³-hybridized carbons (Fsp3) is 0.227. The molecule has 1 N–H and O–H groups in total. The molecule has 0 atom stereocenters. The topological polar surface area (TPSA) is 32.3 Å². The van der Waals surface area contributed by atoms with E-state index in [1.54, 1.807) is 0 Å². The van der Waals surface area contributed by atoms with Gasteiger partial charge in [-0.2, -0.15) is 0 Å². The van der Waals surface area contributed by atoms with Gasteiger partial charge in [-0.15, -0.1) is 0 Å². The number of nitrogens with one attached hydrogen (secondary N) is 1. The van der Waals surface area contributed by atoms with E-state index in [0.29, 0.717) is 6.54 Å². The summed E-state index contributed by atoms with van der Waals surface area (Å²) in [4.78, 5) is 14.6. The van der Waals surface area contributed by atoms with E-state index in [0.717, 1.165) is 24.2 Å². The second kappa shape index (κ2) is 6.34. The first-order chi connectivity index (χ1) is 12.1. The third kappa shape index (κ3) is 3.28. The molecular weight excluding hydrogens is 308 g/mol. The van der Waals surface area contributed by atoms with E-state index >= 15 is 0 Å². The molecule has 25 heavy (non-hydrogen) atoms. The molecule has 0 saturated heterocycles. The zero-order valence-electron chi connectivity index (χ0n) is 14.7. The highest BCUT2D eigenvalue weighted by Crippen LogP contribution is 2.26. The van der Waals surface area contributed by atoms with Gasteiger partial charge in [0.15, 0.2) is 0 Å². The minimum atomic E-state index is 0.0385. The number of amides is 1. The molecule has 3 nitrogen and oxygen atoms in total. The summed E-state index contributed by atoms with van der Waals surface area (Å²) in [7, 11) is 0. The van der Waals surface area contributed by atoms with Crippen molar-refractivity contribution in [1.29, 1.82) is 0 Å². The van der Waals surface area contributed by atoms with Crippen LogP contribution < -0.4 is 5.32 Å². The number of anilines is 1. The van der Waals surface area contributed by atoms with E-state index in [-0.39, 0.29) is 5.91 Å². The highest BCUT2D eigenvalue weighted by atomic mass is 16.2. The number of nitrogens with zero attached hydrogens (tertiary/aromatic N) is 1. The Hall–Kier alpha value is -2.65. The molecule has 1 aliphatic heterocycles. The maximum Gasteiger partial charge on any atom is 0.238 e. The summed E-state index contributed by atoms with van der Waals surface area (Å²) in [6, 6.07) is 18.7. The second-order valence-electron chi connectivity index (χ2n) is 6.96. The van der Waals surface area contributed by atoms with Crippen LogP contribution >= 0.6 is 0 Å². The van der Waals surface area contributed by atoms with Crippen molar-refractivity contribution in [3.05, 3.63) is 76.9 Å². The van der Waals surface area contributed by atoms with Crippen molar-refractivity contribution in [2.75, 3.05) is 11.9 Å². The Morgan fingerprint density at radius 3 is 2.24 bits per heavy atom. The third-order valence-corrected chi connectivity index (χ3v) is 5.00. The summed E-state index contributed by atoms with van der Waals surface area (Å²) in [6.07, 6.45) is 0. The molecule has 3 heteroatoms. The van der Waals surface area contributed by atoms with Crippen LogP contribution in [0.3, 0.4) is 0 Å². The Morgan fingerprint density at radius 2 is 1.56 bits per heavy atom. The average Bonchev–Trinajstić information content (AvgIpc) is 2.96. The monoisotopic (exact) mass is 330 g/mol. The first kappa shape index (κ1) is 15.9.